The predicted molar refractivity (Wildman–Crippen MR) is 119 cm³/mol. The molecule has 10 nitrogen and oxygen atoms in total. The van der Waals surface area contributed by atoms with Crippen LogP contribution in [0.5, 0.6) is 11.5 Å². The zero-order chi connectivity index (χ0) is 23.5. The number of nitrogens with one attached hydrogen (secondary N) is 1. The molecule has 172 valence electrons. The van der Waals surface area contributed by atoms with Crippen molar-refractivity contribution in [2.45, 2.75) is 20.0 Å². The van der Waals surface area contributed by atoms with E-state index in [2.05, 4.69) is 5.32 Å². The Hall–Kier alpha value is -3.92. The normalized spacial score (nSPS) is 15.4. The van der Waals surface area contributed by atoms with Gasteiger partial charge in [0.1, 0.15) is 18.9 Å². The number of amides is 2. The maximum atomic E-state index is 13.2. The van der Waals surface area contributed by atoms with E-state index in [0.717, 1.165) is 4.90 Å². The Morgan fingerprint density at radius 1 is 1.06 bits per heavy atom. The Morgan fingerprint density at radius 2 is 1.76 bits per heavy atom. The quantitative estimate of drug-likeness (QED) is 0.368. The highest BCUT2D eigenvalue weighted by atomic mass is 16.6. The van der Waals surface area contributed by atoms with E-state index in [9.17, 15) is 19.7 Å². The highest BCUT2D eigenvalue weighted by Gasteiger charge is 2.39. The van der Waals surface area contributed by atoms with Gasteiger partial charge < -0.3 is 19.5 Å². The van der Waals surface area contributed by atoms with E-state index in [1.54, 1.807) is 18.2 Å². The summed E-state index contributed by atoms with van der Waals surface area (Å²) < 4.78 is 16.6. The van der Waals surface area contributed by atoms with Gasteiger partial charge >= 0.3 is 0 Å². The molecule has 0 unspecified atom stereocenters. The van der Waals surface area contributed by atoms with Crippen molar-refractivity contribution in [2.75, 3.05) is 31.7 Å². The van der Waals surface area contributed by atoms with Crippen LogP contribution in [0.15, 0.2) is 48.2 Å². The van der Waals surface area contributed by atoms with Gasteiger partial charge in [-0.3, -0.25) is 24.6 Å². The number of nitrogens with zero attached hydrogens (tertiary/aromatic N) is 2. The molecule has 0 aromatic heterocycles. The molecular weight excluding hydrogens is 430 g/mol. The van der Waals surface area contributed by atoms with Crippen LogP contribution in [0.2, 0.25) is 0 Å². The number of carbonyl (C=O) groups is 2. The summed E-state index contributed by atoms with van der Waals surface area (Å²) in [6.07, 6.45) is -0.0461. The number of non-ortho nitro benzene ring substituents is 1. The lowest BCUT2D eigenvalue weighted by Crippen LogP contribution is -2.35. The number of carbonyl (C=O) groups excluding carboxylic acids is 2. The number of nitro groups is 1. The van der Waals surface area contributed by atoms with Crippen LogP contribution in [0.25, 0.3) is 5.57 Å². The molecule has 0 spiro atoms. The second-order valence-electron chi connectivity index (χ2n) is 7.72. The molecule has 1 N–H and O–H groups in total. The van der Waals surface area contributed by atoms with E-state index in [-0.39, 0.29) is 36.2 Å². The SMILES string of the molecule is CC(C)OCCN1C(=O)C(Nc2ccc3c(c2)OCCO3)=C(c2ccc([N+](=O)[O-])cc2)C1=O. The number of ether oxygens (including phenoxy) is 3. The number of hydrogen-bond donors (Lipinski definition) is 1. The van der Waals surface area contributed by atoms with Crippen LogP contribution >= 0.6 is 0 Å². The summed E-state index contributed by atoms with van der Waals surface area (Å²) in [4.78, 5) is 38.0. The lowest BCUT2D eigenvalue weighted by Gasteiger charge is -2.19. The minimum Gasteiger partial charge on any atom is -0.486 e. The van der Waals surface area contributed by atoms with Crippen molar-refractivity contribution in [1.82, 2.24) is 4.90 Å². The smallest absolute Gasteiger partial charge is 0.278 e. The molecule has 2 aliphatic rings. The summed E-state index contributed by atoms with van der Waals surface area (Å²) in [6.45, 7) is 4.87. The van der Waals surface area contributed by atoms with E-state index in [1.165, 1.54) is 24.3 Å². The van der Waals surface area contributed by atoms with E-state index >= 15 is 0 Å². The molecule has 4 rings (SSSR count). The van der Waals surface area contributed by atoms with Gasteiger partial charge in [-0.15, -0.1) is 0 Å². The molecule has 0 aliphatic carbocycles. The van der Waals surface area contributed by atoms with Crippen molar-refractivity contribution in [1.29, 1.82) is 0 Å². The van der Waals surface area contributed by atoms with Gasteiger partial charge in [-0.2, -0.15) is 0 Å². The first-order valence-electron chi connectivity index (χ1n) is 10.5. The van der Waals surface area contributed by atoms with E-state index < -0.39 is 16.7 Å². The Morgan fingerprint density at radius 3 is 2.42 bits per heavy atom. The predicted octanol–water partition coefficient (Wildman–Crippen LogP) is 2.98. The molecule has 0 atom stereocenters. The number of rotatable bonds is 8. The van der Waals surface area contributed by atoms with Crippen LogP contribution in [-0.4, -0.2) is 54.1 Å². The average molecular weight is 453 g/mol. The number of hydrogen-bond acceptors (Lipinski definition) is 8. The highest BCUT2D eigenvalue weighted by Crippen LogP contribution is 2.35. The fourth-order valence-corrected chi connectivity index (χ4v) is 3.56. The third-order valence-electron chi connectivity index (χ3n) is 5.11. The molecule has 2 heterocycles. The minimum atomic E-state index is -0.524. The summed E-state index contributed by atoms with van der Waals surface area (Å²) in [5.74, 6) is 0.122. The number of imide groups is 1. The minimum absolute atomic E-state index is 0.0461. The van der Waals surface area contributed by atoms with Crippen molar-refractivity contribution < 1.29 is 28.7 Å². The summed E-state index contributed by atoms with van der Waals surface area (Å²) >= 11 is 0. The molecule has 2 aromatic carbocycles. The summed E-state index contributed by atoms with van der Waals surface area (Å²) in [5, 5.41) is 14.1. The monoisotopic (exact) mass is 453 g/mol. The Kier molecular flexibility index (Phi) is 6.27. The van der Waals surface area contributed by atoms with Gasteiger partial charge in [0.15, 0.2) is 11.5 Å². The molecule has 33 heavy (non-hydrogen) atoms. The molecular formula is C23H23N3O7. The third-order valence-corrected chi connectivity index (χ3v) is 5.11. The van der Waals surface area contributed by atoms with Crippen molar-refractivity contribution in [3.05, 3.63) is 63.8 Å². The Balaban J connectivity index is 1.68. The number of benzene rings is 2. The van der Waals surface area contributed by atoms with Gasteiger partial charge in [0.2, 0.25) is 0 Å². The van der Waals surface area contributed by atoms with Crippen LogP contribution in [0.4, 0.5) is 11.4 Å². The fraction of sp³-hybridized carbons (Fsp3) is 0.304. The number of fused-ring (bicyclic) bond motifs is 1. The molecule has 0 saturated carbocycles. The van der Waals surface area contributed by atoms with Crippen molar-refractivity contribution in [3.8, 4) is 11.5 Å². The zero-order valence-corrected chi connectivity index (χ0v) is 18.2. The molecule has 0 bridgehead atoms. The summed E-state index contributed by atoms with van der Waals surface area (Å²) in [6, 6.07) is 10.6. The lowest BCUT2D eigenvalue weighted by molar-refractivity contribution is -0.384. The molecule has 0 radical (unpaired) electrons. The largest absolute Gasteiger partial charge is 0.486 e. The second-order valence-corrected chi connectivity index (χ2v) is 7.72. The van der Waals surface area contributed by atoms with Crippen LogP contribution in [0, 0.1) is 10.1 Å². The van der Waals surface area contributed by atoms with Crippen molar-refractivity contribution in [2.24, 2.45) is 0 Å². The van der Waals surface area contributed by atoms with E-state index in [0.29, 0.717) is 36.0 Å². The molecule has 0 saturated heterocycles. The van der Waals surface area contributed by atoms with Gasteiger partial charge in [-0.25, -0.2) is 0 Å². The van der Waals surface area contributed by atoms with Gasteiger partial charge in [0.05, 0.1) is 29.8 Å². The van der Waals surface area contributed by atoms with Gasteiger partial charge in [0.25, 0.3) is 17.5 Å². The van der Waals surface area contributed by atoms with Crippen molar-refractivity contribution >= 4 is 28.8 Å². The molecule has 10 heteroatoms. The maximum absolute atomic E-state index is 13.2. The second kappa shape index (κ2) is 9.29. The van der Waals surface area contributed by atoms with Crippen LogP contribution < -0.4 is 14.8 Å². The summed E-state index contributed by atoms with van der Waals surface area (Å²) in [7, 11) is 0. The van der Waals surface area contributed by atoms with Gasteiger partial charge in [-0.05, 0) is 43.7 Å². The first kappa shape index (κ1) is 22.3. The topological polar surface area (TPSA) is 120 Å². The molecule has 2 aromatic rings. The maximum Gasteiger partial charge on any atom is 0.278 e. The van der Waals surface area contributed by atoms with E-state index in [4.69, 9.17) is 14.2 Å². The zero-order valence-electron chi connectivity index (χ0n) is 18.2. The first-order chi connectivity index (χ1) is 15.8. The van der Waals surface area contributed by atoms with Crippen LogP contribution in [0.3, 0.4) is 0 Å². The van der Waals surface area contributed by atoms with Gasteiger partial charge in [-0.1, -0.05) is 0 Å². The molecule has 0 fully saturated rings. The third kappa shape index (κ3) is 4.65. The van der Waals surface area contributed by atoms with Crippen molar-refractivity contribution in [3.63, 3.8) is 0 Å². The number of nitro benzene ring substituents is 1. The first-order valence-corrected chi connectivity index (χ1v) is 10.5. The lowest BCUT2D eigenvalue weighted by atomic mass is 10.0. The number of anilines is 1. The average Bonchev–Trinajstić information content (AvgIpc) is 3.03. The van der Waals surface area contributed by atoms with Crippen LogP contribution in [0.1, 0.15) is 19.4 Å². The Bertz CT molecular complexity index is 1130. The fourth-order valence-electron chi connectivity index (χ4n) is 3.56. The molecule has 2 amide bonds. The Labute approximate surface area is 189 Å². The highest BCUT2D eigenvalue weighted by molar-refractivity contribution is 6.36. The summed E-state index contributed by atoms with van der Waals surface area (Å²) in [5.41, 5.74) is 1.03. The standard InChI is InChI=1S/C23H23N3O7/c1-14(2)31-10-9-25-22(27)20(15-3-6-17(7-4-15)26(29)30)21(23(25)28)24-16-5-8-18-19(13-16)33-12-11-32-18/h3-8,13-14,24H,9-12H2,1-2H3. The molecule has 2 aliphatic heterocycles. The van der Waals surface area contributed by atoms with E-state index in [1.807, 2.05) is 13.8 Å². The van der Waals surface area contributed by atoms with Gasteiger partial charge in [0, 0.05) is 23.9 Å². The van der Waals surface area contributed by atoms with Crippen LogP contribution in [-0.2, 0) is 14.3 Å².